The van der Waals surface area contributed by atoms with Gasteiger partial charge in [0.2, 0.25) is 5.76 Å². The average molecular weight is 371 g/mol. The van der Waals surface area contributed by atoms with E-state index >= 15 is 0 Å². The van der Waals surface area contributed by atoms with Crippen molar-refractivity contribution in [2.75, 3.05) is 0 Å². The molecular formula is C19H15ClN2O4. The maximum absolute atomic E-state index is 11.1. The topological polar surface area (TPSA) is 78.4 Å². The number of hydrogen-bond donors (Lipinski definition) is 0. The Bertz CT molecular complexity index is 948. The molecule has 1 heterocycles. The summed E-state index contributed by atoms with van der Waals surface area (Å²) in [5.41, 5.74) is 1.94. The van der Waals surface area contributed by atoms with Gasteiger partial charge < -0.3 is 9.26 Å². The lowest BCUT2D eigenvalue weighted by atomic mass is 10.2. The van der Waals surface area contributed by atoms with Crippen molar-refractivity contribution in [2.24, 2.45) is 0 Å². The zero-order chi connectivity index (χ0) is 18.5. The van der Waals surface area contributed by atoms with Gasteiger partial charge in [0.1, 0.15) is 12.4 Å². The van der Waals surface area contributed by atoms with E-state index in [-0.39, 0.29) is 17.1 Å². The number of nitrogens with zero attached hydrogens (tertiary/aromatic N) is 2. The van der Waals surface area contributed by atoms with Crippen molar-refractivity contribution in [2.45, 2.75) is 13.5 Å². The molecule has 0 aliphatic rings. The van der Waals surface area contributed by atoms with Gasteiger partial charge in [0, 0.05) is 5.02 Å². The van der Waals surface area contributed by atoms with E-state index in [9.17, 15) is 10.1 Å². The van der Waals surface area contributed by atoms with E-state index in [4.69, 9.17) is 20.9 Å². The highest BCUT2D eigenvalue weighted by Gasteiger charge is 2.21. The van der Waals surface area contributed by atoms with Crippen molar-refractivity contribution >= 4 is 29.4 Å². The molecule has 1 aromatic heterocycles. The van der Waals surface area contributed by atoms with E-state index in [2.05, 4.69) is 5.16 Å². The maximum atomic E-state index is 11.1. The van der Waals surface area contributed by atoms with E-state index < -0.39 is 4.92 Å². The van der Waals surface area contributed by atoms with Crippen LogP contribution in [0.2, 0.25) is 5.02 Å². The van der Waals surface area contributed by atoms with Gasteiger partial charge in [-0.1, -0.05) is 47.1 Å². The third-order valence-corrected chi connectivity index (χ3v) is 3.90. The van der Waals surface area contributed by atoms with Crippen LogP contribution in [0.15, 0.2) is 53.1 Å². The Morgan fingerprint density at radius 3 is 2.73 bits per heavy atom. The number of aryl methyl sites for hydroxylation is 1. The first-order valence-corrected chi connectivity index (χ1v) is 8.17. The highest BCUT2D eigenvalue weighted by molar-refractivity contribution is 6.30. The number of ether oxygens (including phenoxy) is 1. The largest absolute Gasteiger partial charge is 0.489 e. The van der Waals surface area contributed by atoms with E-state index in [1.165, 1.54) is 13.0 Å². The Morgan fingerprint density at radius 2 is 2.00 bits per heavy atom. The van der Waals surface area contributed by atoms with Gasteiger partial charge in [-0.05, 0) is 48.4 Å². The average Bonchev–Trinajstić information content (AvgIpc) is 3.01. The molecule has 3 rings (SSSR count). The van der Waals surface area contributed by atoms with Crippen molar-refractivity contribution in [1.29, 1.82) is 0 Å². The number of nitro groups is 1. The summed E-state index contributed by atoms with van der Waals surface area (Å²) < 4.78 is 10.8. The van der Waals surface area contributed by atoms with Crippen LogP contribution in [0.3, 0.4) is 0 Å². The first kappa shape index (κ1) is 17.7. The Morgan fingerprint density at radius 1 is 1.23 bits per heavy atom. The lowest BCUT2D eigenvalue weighted by Gasteiger charge is -2.07. The molecule has 0 saturated heterocycles. The van der Waals surface area contributed by atoms with Crippen molar-refractivity contribution in [1.82, 2.24) is 5.16 Å². The first-order chi connectivity index (χ1) is 12.5. The molecule has 0 spiro atoms. The maximum Gasteiger partial charge on any atom is 0.338 e. The molecule has 0 fully saturated rings. The molecule has 0 bridgehead atoms. The summed E-state index contributed by atoms with van der Waals surface area (Å²) in [4.78, 5) is 10.6. The van der Waals surface area contributed by atoms with Crippen LogP contribution in [-0.4, -0.2) is 10.1 Å². The number of hydrogen-bond acceptors (Lipinski definition) is 5. The fraction of sp³-hybridized carbons (Fsp3) is 0.105. The summed E-state index contributed by atoms with van der Waals surface area (Å²) in [7, 11) is 0. The van der Waals surface area contributed by atoms with Crippen LogP contribution in [0, 0.1) is 17.0 Å². The van der Waals surface area contributed by atoms with Crippen molar-refractivity contribution in [3.63, 3.8) is 0 Å². The highest BCUT2D eigenvalue weighted by atomic mass is 35.5. The smallest absolute Gasteiger partial charge is 0.338 e. The molecule has 0 N–H and O–H groups in total. The van der Waals surface area contributed by atoms with Crippen molar-refractivity contribution in [3.05, 3.63) is 86.2 Å². The minimum atomic E-state index is -0.503. The predicted octanol–water partition coefficient (Wildman–Crippen LogP) is 5.29. The van der Waals surface area contributed by atoms with Crippen LogP contribution >= 0.6 is 11.6 Å². The van der Waals surface area contributed by atoms with Crippen LogP contribution < -0.4 is 4.74 Å². The summed E-state index contributed by atoms with van der Waals surface area (Å²) in [5, 5.41) is 15.4. The van der Waals surface area contributed by atoms with Gasteiger partial charge in [-0.15, -0.1) is 0 Å². The monoisotopic (exact) mass is 370 g/mol. The zero-order valence-electron chi connectivity index (χ0n) is 13.9. The van der Waals surface area contributed by atoms with Gasteiger partial charge in [0.05, 0.1) is 4.92 Å². The van der Waals surface area contributed by atoms with Crippen LogP contribution in [0.5, 0.6) is 5.75 Å². The second kappa shape index (κ2) is 7.84. The number of aromatic nitrogens is 1. The second-order valence-corrected chi connectivity index (χ2v) is 6.00. The van der Waals surface area contributed by atoms with E-state index in [1.807, 2.05) is 48.5 Å². The van der Waals surface area contributed by atoms with E-state index in [0.717, 1.165) is 11.1 Å². The molecule has 26 heavy (non-hydrogen) atoms. The van der Waals surface area contributed by atoms with Gasteiger partial charge in [0.15, 0.2) is 5.69 Å². The molecule has 2 aromatic carbocycles. The Hall–Kier alpha value is -3.12. The number of halogens is 1. The molecule has 0 aliphatic carbocycles. The Labute approximate surface area is 154 Å². The molecule has 0 aliphatic heterocycles. The van der Waals surface area contributed by atoms with Gasteiger partial charge in [-0.3, -0.25) is 10.1 Å². The van der Waals surface area contributed by atoms with Gasteiger partial charge in [0.25, 0.3) is 0 Å². The molecule has 0 amide bonds. The first-order valence-electron chi connectivity index (χ1n) is 7.79. The normalized spacial score (nSPS) is 11.0. The molecule has 7 heteroatoms. The number of rotatable bonds is 6. The summed E-state index contributed by atoms with van der Waals surface area (Å²) in [5.74, 6) is 0.797. The summed E-state index contributed by atoms with van der Waals surface area (Å²) in [6.07, 6.45) is 3.23. The van der Waals surface area contributed by atoms with Gasteiger partial charge in [-0.25, -0.2) is 0 Å². The van der Waals surface area contributed by atoms with Crippen molar-refractivity contribution in [3.8, 4) is 5.75 Å². The zero-order valence-corrected chi connectivity index (χ0v) is 14.6. The van der Waals surface area contributed by atoms with E-state index in [1.54, 1.807) is 6.08 Å². The molecule has 6 nitrogen and oxygen atoms in total. The van der Waals surface area contributed by atoms with Crippen LogP contribution in [0.4, 0.5) is 5.69 Å². The van der Waals surface area contributed by atoms with Crippen LogP contribution in [0.25, 0.3) is 12.2 Å². The fourth-order valence-electron chi connectivity index (χ4n) is 2.34. The quantitative estimate of drug-likeness (QED) is 0.435. The Kier molecular flexibility index (Phi) is 5.34. The predicted molar refractivity (Wildman–Crippen MR) is 99.0 cm³/mol. The summed E-state index contributed by atoms with van der Waals surface area (Å²) in [6.45, 7) is 1.95. The molecule has 3 aromatic rings. The minimum absolute atomic E-state index is 0.111. The molecule has 132 valence electrons. The van der Waals surface area contributed by atoms with Gasteiger partial charge in [-0.2, -0.15) is 0 Å². The third kappa shape index (κ3) is 4.29. The Balaban J connectivity index is 1.71. The van der Waals surface area contributed by atoms with Crippen LogP contribution in [0.1, 0.15) is 22.6 Å². The third-order valence-electron chi connectivity index (χ3n) is 3.64. The molecule has 0 saturated carbocycles. The standard InChI is InChI=1S/C19H15ClN2O4/c1-13-19(22(23)24)18(26-21-13)10-7-14-3-2-4-17(11-14)25-12-15-5-8-16(20)9-6-15/h2-11H,12H2,1H3/b10-7-. The summed E-state index contributed by atoms with van der Waals surface area (Å²) >= 11 is 5.86. The fourth-order valence-corrected chi connectivity index (χ4v) is 2.47. The highest BCUT2D eigenvalue weighted by Crippen LogP contribution is 2.25. The van der Waals surface area contributed by atoms with E-state index in [0.29, 0.717) is 17.4 Å². The molecule has 0 radical (unpaired) electrons. The molecule has 0 unspecified atom stereocenters. The lowest BCUT2D eigenvalue weighted by molar-refractivity contribution is -0.386. The summed E-state index contributed by atoms with van der Waals surface area (Å²) in [6, 6.07) is 14.8. The van der Waals surface area contributed by atoms with Crippen LogP contribution in [-0.2, 0) is 6.61 Å². The van der Waals surface area contributed by atoms with Crippen molar-refractivity contribution < 1.29 is 14.2 Å². The number of benzene rings is 2. The van der Waals surface area contributed by atoms with Gasteiger partial charge >= 0.3 is 5.69 Å². The minimum Gasteiger partial charge on any atom is -0.489 e. The SMILES string of the molecule is Cc1noc(/C=C\c2cccc(OCc3ccc(Cl)cc3)c2)c1[N+](=O)[O-]. The molecular weight excluding hydrogens is 356 g/mol. The lowest BCUT2D eigenvalue weighted by Crippen LogP contribution is -1.95. The second-order valence-electron chi connectivity index (χ2n) is 5.56. The molecule has 0 atom stereocenters.